The summed E-state index contributed by atoms with van der Waals surface area (Å²) in [4.78, 5) is 0. The second-order valence-corrected chi connectivity index (χ2v) is 5.83. The fourth-order valence-electron chi connectivity index (χ4n) is 2.23. The van der Waals surface area contributed by atoms with Crippen LogP contribution in [0.1, 0.15) is 38.4 Å². The van der Waals surface area contributed by atoms with Crippen LogP contribution in [0.4, 0.5) is 0 Å². The number of fused-ring (bicyclic) bond motifs is 1. The third-order valence-corrected chi connectivity index (χ3v) is 3.54. The highest BCUT2D eigenvalue weighted by molar-refractivity contribution is 6.29. The Bertz CT molecular complexity index is 368. The van der Waals surface area contributed by atoms with E-state index in [0.717, 1.165) is 24.5 Å². The summed E-state index contributed by atoms with van der Waals surface area (Å²) in [7, 11) is 0. The first kappa shape index (κ1) is 10.9. The lowest BCUT2D eigenvalue weighted by molar-refractivity contribution is 0.214. The molecule has 1 heterocycles. The van der Waals surface area contributed by atoms with Crippen LogP contribution < -0.4 is 0 Å². The molecule has 0 aliphatic heterocycles. The SMILES string of the molecule is CC(C)(C)[C@H]1CCc2nnc(Cl)cc2C1. The van der Waals surface area contributed by atoms with E-state index in [1.807, 2.05) is 6.07 Å². The van der Waals surface area contributed by atoms with Crippen LogP contribution in [0.5, 0.6) is 0 Å². The molecule has 1 aromatic heterocycles. The molecule has 2 rings (SSSR count). The molecule has 1 atom stereocenters. The molecular weight excluding hydrogens is 208 g/mol. The Morgan fingerprint density at radius 2 is 2.07 bits per heavy atom. The molecule has 0 spiro atoms. The number of aromatic nitrogens is 2. The summed E-state index contributed by atoms with van der Waals surface area (Å²) in [6.45, 7) is 6.91. The van der Waals surface area contributed by atoms with E-state index >= 15 is 0 Å². The van der Waals surface area contributed by atoms with Gasteiger partial charge in [0.25, 0.3) is 0 Å². The molecule has 0 saturated carbocycles. The van der Waals surface area contributed by atoms with Gasteiger partial charge >= 0.3 is 0 Å². The predicted molar refractivity (Wildman–Crippen MR) is 62.0 cm³/mol. The summed E-state index contributed by atoms with van der Waals surface area (Å²) >= 11 is 5.87. The van der Waals surface area contributed by atoms with E-state index in [9.17, 15) is 0 Å². The van der Waals surface area contributed by atoms with Gasteiger partial charge in [-0.2, -0.15) is 5.10 Å². The van der Waals surface area contributed by atoms with Crippen LogP contribution >= 0.6 is 11.6 Å². The monoisotopic (exact) mass is 224 g/mol. The third-order valence-electron chi connectivity index (χ3n) is 3.35. The molecule has 82 valence electrons. The Hall–Kier alpha value is -0.630. The molecule has 0 amide bonds. The molecule has 1 aliphatic carbocycles. The smallest absolute Gasteiger partial charge is 0.152 e. The van der Waals surface area contributed by atoms with Crippen LogP contribution in [0.25, 0.3) is 0 Å². The van der Waals surface area contributed by atoms with Crippen LogP contribution in [0, 0.1) is 11.3 Å². The minimum Gasteiger partial charge on any atom is -0.154 e. The maximum absolute atomic E-state index is 5.87. The number of hydrogen-bond acceptors (Lipinski definition) is 2. The zero-order chi connectivity index (χ0) is 11.1. The number of rotatable bonds is 0. The van der Waals surface area contributed by atoms with Gasteiger partial charge in [-0.25, -0.2) is 0 Å². The molecule has 1 aromatic rings. The number of halogens is 1. The van der Waals surface area contributed by atoms with E-state index in [1.54, 1.807) is 0 Å². The summed E-state index contributed by atoms with van der Waals surface area (Å²) < 4.78 is 0. The van der Waals surface area contributed by atoms with Crippen molar-refractivity contribution in [1.29, 1.82) is 0 Å². The second-order valence-electron chi connectivity index (χ2n) is 5.44. The average Bonchev–Trinajstić information content (AvgIpc) is 2.15. The standard InChI is InChI=1S/C12H17ClN2/c1-12(2,3)9-4-5-10-8(6-9)7-11(13)15-14-10/h7,9H,4-6H2,1-3H3/t9-/m0/s1. The Balaban J connectivity index is 2.26. The van der Waals surface area contributed by atoms with Gasteiger partial charge in [-0.15, -0.1) is 5.10 Å². The fourth-order valence-corrected chi connectivity index (χ4v) is 2.40. The van der Waals surface area contributed by atoms with Gasteiger partial charge in [-0.1, -0.05) is 32.4 Å². The first-order valence-corrected chi connectivity index (χ1v) is 5.85. The summed E-state index contributed by atoms with van der Waals surface area (Å²) in [6.07, 6.45) is 3.35. The van der Waals surface area contributed by atoms with E-state index in [1.165, 1.54) is 12.0 Å². The Morgan fingerprint density at radius 1 is 1.33 bits per heavy atom. The van der Waals surface area contributed by atoms with Gasteiger partial charge in [0.1, 0.15) is 0 Å². The van der Waals surface area contributed by atoms with Crippen molar-refractivity contribution >= 4 is 11.6 Å². The highest BCUT2D eigenvalue weighted by Crippen LogP contribution is 2.36. The fraction of sp³-hybridized carbons (Fsp3) is 0.667. The van der Waals surface area contributed by atoms with Crippen LogP contribution in [0.3, 0.4) is 0 Å². The lowest BCUT2D eigenvalue weighted by atomic mass is 9.72. The van der Waals surface area contributed by atoms with Gasteiger partial charge in [-0.05, 0) is 42.2 Å². The van der Waals surface area contributed by atoms with Crippen molar-refractivity contribution in [3.8, 4) is 0 Å². The molecule has 2 nitrogen and oxygen atoms in total. The van der Waals surface area contributed by atoms with Gasteiger partial charge in [0.2, 0.25) is 0 Å². The highest BCUT2D eigenvalue weighted by Gasteiger charge is 2.29. The molecule has 0 N–H and O–H groups in total. The summed E-state index contributed by atoms with van der Waals surface area (Å²) in [5.41, 5.74) is 2.80. The molecule has 0 radical (unpaired) electrons. The Kier molecular flexibility index (Phi) is 2.72. The van der Waals surface area contributed by atoms with Crippen molar-refractivity contribution in [3.05, 3.63) is 22.5 Å². The van der Waals surface area contributed by atoms with E-state index in [2.05, 4.69) is 31.0 Å². The van der Waals surface area contributed by atoms with Gasteiger partial charge < -0.3 is 0 Å². The maximum atomic E-state index is 5.87. The first-order chi connectivity index (χ1) is 6.97. The van der Waals surface area contributed by atoms with Crippen LogP contribution in [0.15, 0.2) is 6.07 Å². The molecule has 0 bridgehead atoms. The van der Waals surface area contributed by atoms with Crippen molar-refractivity contribution in [3.63, 3.8) is 0 Å². The van der Waals surface area contributed by atoms with Crippen molar-refractivity contribution in [1.82, 2.24) is 10.2 Å². The first-order valence-electron chi connectivity index (χ1n) is 5.48. The summed E-state index contributed by atoms with van der Waals surface area (Å²) in [5.74, 6) is 0.727. The number of aryl methyl sites for hydroxylation is 1. The number of nitrogens with zero attached hydrogens (tertiary/aromatic N) is 2. The molecular formula is C12H17ClN2. The molecule has 3 heteroatoms. The summed E-state index contributed by atoms with van der Waals surface area (Å²) in [6, 6.07) is 1.97. The van der Waals surface area contributed by atoms with E-state index in [0.29, 0.717) is 10.6 Å². The van der Waals surface area contributed by atoms with Crippen LogP contribution in [0.2, 0.25) is 5.15 Å². The van der Waals surface area contributed by atoms with Crippen molar-refractivity contribution in [2.24, 2.45) is 11.3 Å². The van der Waals surface area contributed by atoms with E-state index < -0.39 is 0 Å². The van der Waals surface area contributed by atoms with Gasteiger partial charge in [0.05, 0.1) is 5.69 Å². The number of hydrogen-bond donors (Lipinski definition) is 0. The minimum absolute atomic E-state index is 0.368. The predicted octanol–water partition coefficient (Wildman–Crippen LogP) is 3.28. The van der Waals surface area contributed by atoms with Gasteiger partial charge in [0, 0.05) is 0 Å². The molecule has 0 fully saturated rings. The largest absolute Gasteiger partial charge is 0.154 e. The Morgan fingerprint density at radius 3 is 2.73 bits per heavy atom. The van der Waals surface area contributed by atoms with Gasteiger partial charge in [0.15, 0.2) is 5.15 Å². The molecule has 1 aliphatic rings. The lowest BCUT2D eigenvalue weighted by Crippen LogP contribution is -2.27. The third kappa shape index (κ3) is 2.31. The maximum Gasteiger partial charge on any atom is 0.152 e. The van der Waals surface area contributed by atoms with E-state index in [-0.39, 0.29) is 0 Å². The molecule has 0 unspecified atom stereocenters. The molecule has 0 aromatic carbocycles. The Labute approximate surface area is 96.1 Å². The van der Waals surface area contributed by atoms with Crippen LogP contribution in [-0.2, 0) is 12.8 Å². The van der Waals surface area contributed by atoms with Crippen molar-refractivity contribution < 1.29 is 0 Å². The zero-order valence-corrected chi connectivity index (χ0v) is 10.3. The zero-order valence-electron chi connectivity index (χ0n) is 9.55. The summed E-state index contributed by atoms with van der Waals surface area (Å²) in [5, 5.41) is 8.57. The lowest BCUT2D eigenvalue weighted by Gasteiger charge is -2.34. The quantitative estimate of drug-likeness (QED) is 0.676. The highest BCUT2D eigenvalue weighted by atomic mass is 35.5. The van der Waals surface area contributed by atoms with Crippen molar-refractivity contribution in [2.45, 2.75) is 40.0 Å². The second kappa shape index (κ2) is 3.75. The van der Waals surface area contributed by atoms with Crippen LogP contribution in [-0.4, -0.2) is 10.2 Å². The average molecular weight is 225 g/mol. The minimum atomic E-state index is 0.368. The normalized spacial score (nSPS) is 21.2. The van der Waals surface area contributed by atoms with Crippen molar-refractivity contribution in [2.75, 3.05) is 0 Å². The molecule has 0 saturated heterocycles. The molecule has 15 heavy (non-hydrogen) atoms. The van der Waals surface area contributed by atoms with Gasteiger partial charge in [-0.3, -0.25) is 0 Å². The topological polar surface area (TPSA) is 25.8 Å². The van der Waals surface area contributed by atoms with E-state index in [4.69, 9.17) is 11.6 Å².